The average Bonchev–Trinajstić information content (AvgIpc) is 3.46. The first-order valence-electron chi connectivity index (χ1n) is 11.8. The molecular weight excluding hydrogens is 492 g/mol. The minimum Gasteiger partial charge on any atom is -0.497 e. The molecule has 0 aliphatic rings. The van der Waals surface area contributed by atoms with Crippen LogP contribution in [0.25, 0.3) is 39.8 Å². The van der Waals surface area contributed by atoms with Crippen LogP contribution in [0.4, 0.5) is 0 Å². The zero-order valence-corrected chi connectivity index (χ0v) is 21.3. The molecule has 0 saturated heterocycles. The van der Waals surface area contributed by atoms with Gasteiger partial charge in [-0.25, -0.2) is 9.78 Å². The van der Waals surface area contributed by atoms with Crippen LogP contribution in [-0.4, -0.2) is 18.1 Å². The van der Waals surface area contributed by atoms with Gasteiger partial charge in [-0.3, -0.25) is 0 Å². The number of thiazole rings is 1. The van der Waals surface area contributed by atoms with Crippen molar-refractivity contribution in [2.24, 2.45) is 0 Å². The number of rotatable bonds is 7. The normalized spacial score (nSPS) is 11.4. The molecule has 184 valence electrons. The van der Waals surface area contributed by atoms with Crippen LogP contribution in [0.2, 0.25) is 0 Å². The highest BCUT2D eigenvalue weighted by Gasteiger charge is 2.10. The van der Waals surface area contributed by atoms with Gasteiger partial charge in [-0.05, 0) is 64.4 Å². The summed E-state index contributed by atoms with van der Waals surface area (Å²) in [6, 6.07) is 31.0. The van der Waals surface area contributed by atoms with Crippen LogP contribution in [0.3, 0.4) is 0 Å². The van der Waals surface area contributed by atoms with Crippen molar-refractivity contribution < 1.29 is 14.3 Å². The van der Waals surface area contributed by atoms with Crippen molar-refractivity contribution in [2.45, 2.75) is 0 Å². The topological polar surface area (TPSA) is 72.2 Å². The molecule has 0 unspecified atom stereocenters. The van der Waals surface area contributed by atoms with Crippen LogP contribution < -0.4 is 9.47 Å². The molecule has 0 aliphatic heterocycles. The Kier molecular flexibility index (Phi) is 7.39. The van der Waals surface area contributed by atoms with E-state index in [-0.39, 0.29) is 0 Å². The fourth-order valence-corrected chi connectivity index (χ4v) is 4.64. The number of ether oxygens (including phenoxy) is 2. The lowest BCUT2D eigenvalue weighted by atomic mass is 10.1. The molecule has 1 heterocycles. The van der Waals surface area contributed by atoms with Crippen LogP contribution >= 0.6 is 11.3 Å². The second-order valence-electron chi connectivity index (χ2n) is 8.37. The maximum Gasteiger partial charge on any atom is 0.336 e. The third-order valence-electron chi connectivity index (χ3n) is 5.84. The maximum absolute atomic E-state index is 12.2. The van der Waals surface area contributed by atoms with Crippen molar-refractivity contribution in [2.75, 3.05) is 7.11 Å². The van der Waals surface area contributed by atoms with E-state index in [2.05, 4.69) is 30.3 Å². The predicted octanol–water partition coefficient (Wildman–Crippen LogP) is 7.65. The van der Waals surface area contributed by atoms with Crippen molar-refractivity contribution >= 4 is 45.8 Å². The minimum atomic E-state index is -0.481. The summed E-state index contributed by atoms with van der Waals surface area (Å²) in [5.41, 5.74) is 3.97. The van der Waals surface area contributed by atoms with E-state index in [1.165, 1.54) is 22.8 Å². The Bertz CT molecular complexity index is 1690. The first-order valence-corrected chi connectivity index (χ1v) is 12.7. The van der Waals surface area contributed by atoms with Gasteiger partial charge in [0.25, 0.3) is 0 Å². The van der Waals surface area contributed by atoms with Crippen molar-refractivity contribution in [3.63, 3.8) is 0 Å². The van der Waals surface area contributed by atoms with Gasteiger partial charge < -0.3 is 9.47 Å². The molecule has 38 heavy (non-hydrogen) atoms. The summed E-state index contributed by atoms with van der Waals surface area (Å²) in [5.74, 6) is 0.683. The molecule has 5 aromatic rings. The molecule has 0 amide bonds. The highest BCUT2D eigenvalue weighted by molar-refractivity contribution is 7.11. The van der Waals surface area contributed by atoms with Crippen LogP contribution in [0.15, 0.2) is 102 Å². The van der Waals surface area contributed by atoms with Crippen LogP contribution in [0, 0.1) is 11.3 Å². The predicted molar refractivity (Wildman–Crippen MR) is 153 cm³/mol. The molecule has 0 atom stereocenters. The third kappa shape index (κ3) is 5.86. The summed E-state index contributed by atoms with van der Waals surface area (Å²) in [6.07, 6.45) is 4.83. The maximum atomic E-state index is 12.2. The Morgan fingerprint density at radius 1 is 0.895 bits per heavy atom. The largest absolute Gasteiger partial charge is 0.497 e. The lowest BCUT2D eigenvalue weighted by molar-refractivity contribution is -0.128. The number of hydrogen-bond acceptors (Lipinski definition) is 6. The zero-order valence-electron chi connectivity index (χ0n) is 20.5. The van der Waals surface area contributed by atoms with Gasteiger partial charge in [-0.1, -0.05) is 60.7 Å². The number of nitrogens with zero attached hydrogens (tertiary/aromatic N) is 2. The zero-order chi connectivity index (χ0) is 26.3. The second-order valence-corrected chi connectivity index (χ2v) is 9.22. The lowest BCUT2D eigenvalue weighted by Crippen LogP contribution is -2.03. The highest BCUT2D eigenvalue weighted by Crippen LogP contribution is 2.29. The standard InChI is InChI=1S/C32H22N2O3S/c1-36-28-13-6-22(7-14-28)10-17-31(35)37-29-15-8-23(9-16-29)18-27(20-33)32-34-30(21-38-32)26-12-11-24-4-2-3-5-25(24)19-26/h2-19,21H,1H3/b17-10+,27-18+. The molecule has 0 fully saturated rings. The molecule has 6 heteroatoms. The van der Waals surface area contributed by atoms with Gasteiger partial charge in [-0.2, -0.15) is 5.26 Å². The first kappa shape index (κ1) is 24.7. The molecule has 0 saturated carbocycles. The van der Waals surface area contributed by atoms with E-state index in [1.54, 1.807) is 43.5 Å². The summed E-state index contributed by atoms with van der Waals surface area (Å²) >= 11 is 1.43. The number of benzene rings is 4. The smallest absolute Gasteiger partial charge is 0.336 e. The molecule has 0 radical (unpaired) electrons. The van der Waals surface area contributed by atoms with Crippen LogP contribution in [-0.2, 0) is 4.79 Å². The molecule has 4 aromatic carbocycles. The van der Waals surface area contributed by atoms with E-state index in [4.69, 9.17) is 14.5 Å². The highest BCUT2D eigenvalue weighted by atomic mass is 32.1. The molecule has 0 aliphatic carbocycles. The Hall–Kier alpha value is -4.99. The summed E-state index contributed by atoms with van der Waals surface area (Å²) in [4.78, 5) is 16.9. The van der Waals surface area contributed by atoms with E-state index in [9.17, 15) is 10.1 Å². The number of methoxy groups -OCH3 is 1. The van der Waals surface area contributed by atoms with E-state index >= 15 is 0 Å². The van der Waals surface area contributed by atoms with Gasteiger partial charge in [0.15, 0.2) is 0 Å². The number of hydrogen-bond donors (Lipinski definition) is 0. The molecule has 5 rings (SSSR count). The fourth-order valence-electron chi connectivity index (χ4n) is 3.85. The third-order valence-corrected chi connectivity index (χ3v) is 6.71. The van der Waals surface area contributed by atoms with Crippen molar-refractivity contribution in [1.82, 2.24) is 4.98 Å². The molecule has 5 nitrogen and oxygen atoms in total. The number of carbonyl (C=O) groups excluding carboxylic acids is 1. The summed E-state index contributed by atoms with van der Waals surface area (Å²) in [5, 5.41) is 14.7. The minimum absolute atomic E-state index is 0.415. The van der Waals surface area contributed by atoms with Gasteiger partial charge >= 0.3 is 5.97 Å². The molecule has 0 N–H and O–H groups in total. The van der Waals surface area contributed by atoms with E-state index in [1.807, 2.05) is 47.8 Å². The van der Waals surface area contributed by atoms with Gasteiger partial charge in [-0.15, -0.1) is 11.3 Å². The van der Waals surface area contributed by atoms with E-state index in [0.29, 0.717) is 16.3 Å². The van der Waals surface area contributed by atoms with Gasteiger partial charge in [0.05, 0.1) is 18.4 Å². The quantitative estimate of drug-likeness (QED) is 0.0965. The number of fused-ring (bicyclic) bond motifs is 1. The summed E-state index contributed by atoms with van der Waals surface area (Å²) in [6.45, 7) is 0. The fraction of sp³-hybridized carbons (Fsp3) is 0.0312. The van der Waals surface area contributed by atoms with Crippen molar-refractivity contribution in [1.29, 1.82) is 5.26 Å². The van der Waals surface area contributed by atoms with Gasteiger partial charge in [0.1, 0.15) is 22.6 Å². The molecule has 1 aromatic heterocycles. The number of carbonyl (C=O) groups is 1. The Morgan fingerprint density at radius 2 is 1.61 bits per heavy atom. The second kappa shape index (κ2) is 11.4. The molecular formula is C32H22N2O3S. The number of esters is 1. The number of aromatic nitrogens is 1. The Morgan fingerprint density at radius 3 is 2.34 bits per heavy atom. The molecule has 0 bridgehead atoms. The van der Waals surface area contributed by atoms with E-state index < -0.39 is 5.97 Å². The van der Waals surface area contributed by atoms with Crippen molar-refractivity contribution in [3.8, 4) is 28.8 Å². The Balaban J connectivity index is 1.26. The van der Waals surface area contributed by atoms with Crippen LogP contribution in [0.5, 0.6) is 11.5 Å². The SMILES string of the molecule is COc1ccc(/C=C/C(=O)Oc2ccc(/C=C(\C#N)c3nc(-c4ccc5ccccc5c4)cs3)cc2)cc1. The van der Waals surface area contributed by atoms with Gasteiger partial charge in [0.2, 0.25) is 0 Å². The monoisotopic (exact) mass is 514 g/mol. The first-order chi connectivity index (χ1) is 18.6. The average molecular weight is 515 g/mol. The van der Waals surface area contributed by atoms with Crippen LogP contribution in [0.1, 0.15) is 16.1 Å². The number of allylic oxidation sites excluding steroid dienone is 1. The summed E-state index contributed by atoms with van der Waals surface area (Å²) < 4.78 is 10.5. The summed E-state index contributed by atoms with van der Waals surface area (Å²) in [7, 11) is 1.60. The molecule has 0 spiro atoms. The van der Waals surface area contributed by atoms with E-state index in [0.717, 1.165) is 33.5 Å². The van der Waals surface area contributed by atoms with Crippen molar-refractivity contribution in [3.05, 3.63) is 119 Å². The van der Waals surface area contributed by atoms with Gasteiger partial charge in [0, 0.05) is 17.0 Å². The lowest BCUT2D eigenvalue weighted by Gasteiger charge is -2.03. The Labute approximate surface area is 224 Å². The number of nitriles is 1.